The Morgan fingerprint density at radius 1 is 1.36 bits per heavy atom. The molecule has 2 aliphatic rings. The first-order chi connectivity index (χ1) is 5.36. The number of nitrogens with one attached hydrogen (secondary N) is 1. The molecular formula is C8H14N2O. The van der Waals surface area contributed by atoms with Crippen LogP contribution in [0, 0.1) is 0 Å². The Bertz CT molecular complexity index is 163. The predicted molar refractivity (Wildman–Crippen MR) is 41.7 cm³/mol. The van der Waals surface area contributed by atoms with E-state index in [4.69, 9.17) is 0 Å². The molecule has 3 heteroatoms. The number of hydrazine groups is 1. The molecule has 1 amide bonds. The van der Waals surface area contributed by atoms with Gasteiger partial charge in [0, 0.05) is 19.0 Å². The first kappa shape index (κ1) is 7.10. The van der Waals surface area contributed by atoms with E-state index in [0.717, 1.165) is 6.54 Å². The molecule has 1 saturated heterocycles. The van der Waals surface area contributed by atoms with Crippen molar-refractivity contribution in [1.29, 1.82) is 0 Å². The van der Waals surface area contributed by atoms with Crippen LogP contribution in [0.25, 0.3) is 0 Å². The van der Waals surface area contributed by atoms with Crippen LogP contribution in [0.15, 0.2) is 0 Å². The zero-order chi connectivity index (χ0) is 7.68. The average Bonchev–Trinajstić information content (AvgIpc) is 2.55. The maximum Gasteiger partial charge on any atom is 0.235 e. The molecule has 3 nitrogen and oxygen atoms in total. The maximum absolute atomic E-state index is 10.9. The van der Waals surface area contributed by atoms with Crippen LogP contribution in [0.3, 0.4) is 0 Å². The van der Waals surface area contributed by atoms with Crippen molar-refractivity contribution in [2.24, 2.45) is 0 Å². The quantitative estimate of drug-likeness (QED) is 0.602. The highest BCUT2D eigenvalue weighted by atomic mass is 16.2. The van der Waals surface area contributed by atoms with Crippen LogP contribution in [0.5, 0.6) is 0 Å². The average molecular weight is 154 g/mol. The van der Waals surface area contributed by atoms with E-state index in [0.29, 0.717) is 12.5 Å². The molecule has 2 rings (SSSR count). The number of amides is 1. The summed E-state index contributed by atoms with van der Waals surface area (Å²) in [5, 5.41) is 2.12. The Morgan fingerprint density at radius 2 is 2.09 bits per heavy atom. The van der Waals surface area contributed by atoms with Crippen LogP contribution >= 0.6 is 0 Å². The summed E-state index contributed by atoms with van der Waals surface area (Å²) in [6, 6.07) is 0.640. The van der Waals surface area contributed by atoms with Gasteiger partial charge in [-0.15, -0.1) is 0 Å². The molecule has 1 N–H and O–H groups in total. The highest BCUT2D eigenvalue weighted by molar-refractivity contribution is 5.77. The molecule has 0 aromatic carbocycles. The van der Waals surface area contributed by atoms with Crippen molar-refractivity contribution in [3.63, 3.8) is 0 Å². The molecule has 1 heterocycles. The molecule has 0 radical (unpaired) electrons. The van der Waals surface area contributed by atoms with Gasteiger partial charge in [0.25, 0.3) is 0 Å². The lowest BCUT2D eigenvalue weighted by Gasteiger charge is -2.21. The number of rotatable bonds is 1. The van der Waals surface area contributed by atoms with Gasteiger partial charge in [-0.05, 0) is 12.8 Å². The van der Waals surface area contributed by atoms with Gasteiger partial charge in [0.15, 0.2) is 0 Å². The monoisotopic (exact) mass is 154 g/mol. The van der Waals surface area contributed by atoms with E-state index in [1.165, 1.54) is 25.7 Å². The lowest BCUT2D eigenvalue weighted by molar-refractivity contribution is -0.121. The minimum absolute atomic E-state index is 0.192. The van der Waals surface area contributed by atoms with Crippen LogP contribution < -0.4 is 5.43 Å². The number of nitrogens with zero attached hydrogens (tertiary/aromatic N) is 1. The largest absolute Gasteiger partial charge is 0.289 e. The number of carbonyl (C=O) groups is 1. The Morgan fingerprint density at radius 3 is 2.64 bits per heavy atom. The molecule has 11 heavy (non-hydrogen) atoms. The van der Waals surface area contributed by atoms with E-state index in [1.807, 2.05) is 0 Å². The van der Waals surface area contributed by atoms with Crippen molar-refractivity contribution >= 4 is 5.91 Å². The van der Waals surface area contributed by atoms with Crippen molar-refractivity contribution < 1.29 is 4.79 Å². The van der Waals surface area contributed by atoms with Gasteiger partial charge in [-0.3, -0.25) is 10.2 Å². The van der Waals surface area contributed by atoms with E-state index >= 15 is 0 Å². The topological polar surface area (TPSA) is 32.3 Å². The van der Waals surface area contributed by atoms with Gasteiger partial charge < -0.3 is 0 Å². The van der Waals surface area contributed by atoms with Crippen molar-refractivity contribution in [2.45, 2.75) is 38.1 Å². The molecule has 62 valence electrons. The van der Waals surface area contributed by atoms with Crippen molar-refractivity contribution in [3.8, 4) is 0 Å². The SMILES string of the molecule is O=C1CCN(C2CCCC2)N1. The van der Waals surface area contributed by atoms with Gasteiger partial charge in [0.2, 0.25) is 5.91 Å². The number of hydrogen-bond acceptors (Lipinski definition) is 2. The first-order valence-electron chi connectivity index (χ1n) is 4.42. The summed E-state index contributed by atoms with van der Waals surface area (Å²) in [6.07, 6.45) is 5.88. The molecule has 0 spiro atoms. The van der Waals surface area contributed by atoms with Gasteiger partial charge in [0.05, 0.1) is 0 Å². The van der Waals surface area contributed by atoms with Crippen LogP contribution in [0.2, 0.25) is 0 Å². The van der Waals surface area contributed by atoms with E-state index < -0.39 is 0 Å². The molecule has 0 bridgehead atoms. The normalized spacial score (nSPS) is 27.8. The van der Waals surface area contributed by atoms with Crippen LogP contribution in [0.1, 0.15) is 32.1 Å². The van der Waals surface area contributed by atoms with Gasteiger partial charge in [-0.25, -0.2) is 5.01 Å². The molecular weight excluding hydrogens is 140 g/mol. The van der Waals surface area contributed by atoms with E-state index in [2.05, 4.69) is 10.4 Å². The molecule has 0 aromatic rings. The predicted octanol–water partition coefficient (Wildman–Crippen LogP) is 0.666. The lowest BCUT2D eigenvalue weighted by Crippen LogP contribution is -2.40. The molecule has 0 unspecified atom stereocenters. The molecule has 1 aliphatic heterocycles. The Labute approximate surface area is 66.7 Å². The summed E-state index contributed by atoms with van der Waals surface area (Å²) in [5.74, 6) is 0.192. The molecule has 1 saturated carbocycles. The van der Waals surface area contributed by atoms with E-state index in [-0.39, 0.29) is 5.91 Å². The van der Waals surface area contributed by atoms with Crippen molar-refractivity contribution in [2.75, 3.05) is 6.54 Å². The second kappa shape index (κ2) is 2.81. The third-order valence-electron chi connectivity index (χ3n) is 2.61. The van der Waals surface area contributed by atoms with Gasteiger partial charge in [-0.1, -0.05) is 12.8 Å². The second-order valence-electron chi connectivity index (χ2n) is 3.42. The summed E-state index contributed by atoms with van der Waals surface area (Å²) in [5.41, 5.74) is 2.89. The zero-order valence-electron chi connectivity index (χ0n) is 6.68. The van der Waals surface area contributed by atoms with Crippen LogP contribution in [0.4, 0.5) is 0 Å². The second-order valence-corrected chi connectivity index (χ2v) is 3.42. The van der Waals surface area contributed by atoms with Crippen molar-refractivity contribution in [1.82, 2.24) is 10.4 Å². The fraction of sp³-hybridized carbons (Fsp3) is 0.875. The number of carbonyl (C=O) groups excluding carboxylic acids is 1. The summed E-state index contributed by atoms with van der Waals surface area (Å²) >= 11 is 0. The van der Waals surface area contributed by atoms with Crippen LogP contribution in [-0.4, -0.2) is 23.5 Å². The third-order valence-corrected chi connectivity index (χ3v) is 2.61. The summed E-state index contributed by atoms with van der Waals surface area (Å²) in [4.78, 5) is 10.9. The maximum atomic E-state index is 10.9. The van der Waals surface area contributed by atoms with Gasteiger partial charge in [-0.2, -0.15) is 0 Å². The molecule has 1 aliphatic carbocycles. The zero-order valence-corrected chi connectivity index (χ0v) is 6.68. The summed E-state index contributed by atoms with van der Waals surface area (Å²) < 4.78 is 0. The van der Waals surface area contributed by atoms with Gasteiger partial charge >= 0.3 is 0 Å². The van der Waals surface area contributed by atoms with E-state index in [1.54, 1.807) is 0 Å². The Kier molecular flexibility index (Phi) is 1.82. The standard InChI is InChI=1S/C8H14N2O/c11-8-5-6-10(9-8)7-3-1-2-4-7/h7H,1-6H2,(H,9,11). The minimum Gasteiger partial charge on any atom is -0.289 e. The highest BCUT2D eigenvalue weighted by Gasteiger charge is 2.27. The summed E-state index contributed by atoms with van der Waals surface area (Å²) in [6.45, 7) is 0.920. The molecule has 2 fully saturated rings. The highest BCUT2D eigenvalue weighted by Crippen LogP contribution is 2.23. The van der Waals surface area contributed by atoms with Crippen molar-refractivity contribution in [3.05, 3.63) is 0 Å². The minimum atomic E-state index is 0.192. The Balaban J connectivity index is 1.90. The van der Waals surface area contributed by atoms with Gasteiger partial charge in [0.1, 0.15) is 0 Å². The number of hydrogen-bond donors (Lipinski definition) is 1. The fourth-order valence-electron chi connectivity index (χ4n) is 1.98. The summed E-state index contributed by atoms with van der Waals surface area (Å²) in [7, 11) is 0. The third kappa shape index (κ3) is 1.38. The molecule has 0 aromatic heterocycles. The van der Waals surface area contributed by atoms with E-state index in [9.17, 15) is 4.79 Å². The Hall–Kier alpha value is -0.570. The smallest absolute Gasteiger partial charge is 0.235 e. The first-order valence-corrected chi connectivity index (χ1v) is 4.42. The van der Waals surface area contributed by atoms with Crippen LogP contribution in [-0.2, 0) is 4.79 Å². The lowest BCUT2D eigenvalue weighted by atomic mass is 10.2. The molecule has 0 atom stereocenters. The fourth-order valence-corrected chi connectivity index (χ4v) is 1.98.